The number of nitrogens with zero attached hydrogens (tertiary/aromatic N) is 2. The second-order valence-electron chi connectivity index (χ2n) is 3.99. The van der Waals surface area contributed by atoms with Crippen LogP contribution in [0.3, 0.4) is 0 Å². The molecule has 0 atom stereocenters. The van der Waals surface area contributed by atoms with Crippen molar-refractivity contribution in [1.29, 1.82) is 0 Å². The highest BCUT2D eigenvalue weighted by Gasteiger charge is 2.11. The van der Waals surface area contributed by atoms with Crippen LogP contribution < -0.4 is 10.5 Å². The van der Waals surface area contributed by atoms with Gasteiger partial charge in [0.1, 0.15) is 23.2 Å². The zero-order chi connectivity index (χ0) is 14.0. The number of aryl methyl sites for hydroxylation is 1. The first-order chi connectivity index (χ1) is 9.01. The number of ether oxygens (including phenoxy) is 1. The molecule has 0 spiro atoms. The molecule has 1 aromatic carbocycles. The second-order valence-corrected chi connectivity index (χ2v) is 4.84. The molecule has 0 fully saturated rings. The molecular formula is C13H13BrFN3O. The van der Waals surface area contributed by atoms with E-state index in [2.05, 4.69) is 25.9 Å². The van der Waals surface area contributed by atoms with Crippen molar-refractivity contribution in [3.8, 4) is 11.6 Å². The largest absolute Gasteiger partial charge is 0.439 e. The molecule has 0 bridgehead atoms. The third kappa shape index (κ3) is 3.01. The van der Waals surface area contributed by atoms with Crippen molar-refractivity contribution in [1.82, 2.24) is 9.97 Å². The second kappa shape index (κ2) is 5.52. The van der Waals surface area contributed by atoms with Gasteiger partial charge in [-0.05, 0) is 41.1 Å². The van der Waals surface area contributed by atoms with Crippen LogP contribution in [0.25, 0.3) is 0 Å². The maximum absolute atomic E-state index is 13.2. The molecule has 6 heteroatoms. The van der Waals surface area contributed by atoms with E-state index in [-0.39, 0.29) is 5.82 Å². The standard InChI is InChI=1S/C13H13BrFN3O/c1-3-11-17-12(16)7(2)13(18-11)19-8-4-5-10(15)9(14)6-8/h4-6H,3H2,1-2H3,(H2,16,17,18). The van der Waals surface area contributed by atoms with Gasteiger partial charge in [0.15, 0.2) is 0 Å². The highest BCUT2D eigenvalue weighted by Crippen LogP contribution is 2.28. The van der Waals surface area contributed by atoms with Crippen LogP contribution in [0.5, 0.6) is 11.6 Å². The number of hydrogen-bond donors (Lipinski definition) is 1. The SMILES string of the molecule is CCc1nc(N)c(C)c(Oc2ccc(F)c(Br)c2)n1. The molecule has 1 heterocycles. The number of halogens is 2. The molecule has 0 aliphatic rings. The fraction of sp³-hybridized carbons (Fsp3) is 0.231. The molecule has 0 amide bonds. The predicted molar refractivity (Wildman–Crippen MR) is 74.7 cm³/mol. The molecule has 0 radical (unpaired) electrons. The van der Waals surface area contributed by atoms with E-state index in [0.717, 1.165) is 0 Å². The van der Waals surface area contributed by atoms with Gasteiger partial charge in [-0.3, -0.25) is 0 Å². The molecule has 2 aromatic rings. The maximum atomic E-state index is 13.2. The van der Waals surface area contributed by atoms with Crippen LogP contribution in [0, 0.1) is 12.7 Å². The number of nitrogens with two attached hydrogens (primary N) is 1. The summed E-state index contributed by atoms with van der Waals surface area (Å²) in [5.74, 6) is 1.53. The summed E-state index contributed by atoms with van der Waals surface area (Å²) in [4.78, 5) is 8.42. The maximum Gasteiger partial charge on any atom is 0.227 e. The number of nitrogen functional groups attached to an aromatic ring is 1. The molecule has 19 heavy (non-hydrogen) atoms. The van der Waals surface area contributed by atoms with E-state index in [4.69, 9.17) is 10.5 Å². The molecular weight excluding hydrogens is 313 g/mol. The molecule has 0 saturated carbocycles. The highest BCUT2D eigenvalue weighted by atomic mass is 79.9. The van der Waals surface area contributed by atoms with E-state index < -0.39 is 0 Å². The minimum absolute atomic E-state index is 0.334. The van der Waals surface area contributed by atoms with Crippen molar-refractivity contribution in [3.05, 3.63) is 39.9 Å². The quantitative estimate of drug-likeness (QED) is 0.936. The summed E-state index contributed by atoms with van der Waals surface area (Å²) in [6.45, 7) is 3.71. The van der Waals surface area contributed by atoms with Crippen molar-refractivity contribution in [2.75, 3.05) is 5.73 Å². The third-order valence-corrected chi connectivity index (χ3v) is 3.21. The van der Waals surface area contributed by atoms with Gasteiger partial charge in [0, 0.05) is 6.42 Å². The Morgan fingerprint density at radius 3 is 2.74 bits per heavy atom. The Hall–Kier alpha value is -1.69. The van der Waals surface area contributed by atoms with Gasteiger partial charge in [-0.25, -0.2) is 9.37 Å². The zero-order valence-electron chi connectivity index (χ0n) is 10.6. The molecule has 0 aliphatic carbocycles. The van der Waals surface area contributed by atoms with Crippen LogP contribution in [0.2, 0.25) is 0 Å². The number of hydrogen-bond acceptors (Lipinski definition) is 4. The normalized spacial score (nSPS) is 10.5. The smallest absolute Gasteiger partial charge is 0.227 e. The first-order valence-electron chi connectivity index (χ1n) is 5.77. The summed E-state index contributed by atoms with van der Waals surface area (Å²) in [5, 5.41) is 0. The Bertz CT molecular complexity index is 619. The minimum atomic E-state index is -0.347. The summed E-state index contributed by atoms with van der Waals surface area (Å²) in [6.07, 6.45) is 0.661. The molecule has 0 saturated heterocycles. The Kier molecular flexibility index (Phi) is 3.99. The van der Waals surface area contributed by atoms with Crippen LogP contribution in [0.4, 0.5) is 10.2 Å². The van der Waals surface area contributed by atoms with Gasteiger partial charge in [0.05, 0.1) is 10.0 Å². The fourth-order valence-corrected chi connectivity index (χ4v) is 1.83. The summed E-state index contributed by atoms with van der Waals surface area (Å²) in [6, 6.07) is 4.39. The number of aromatic nitrogens is 2. The van der Waals surface area contributed by atoms with E-state index in [0.29, 0.717) is 39.7 Å². The van der Waals surface area contributed by atoms with Crippen LogP contribution in [-0.4, -0.2) is 9.97 Å². The molecule has 2 N–H and O–H groups in total. The third-order valence-electron chi connectivity index (χ3n) is 2.61. The average molecular weight is 326 g/mol. The van der Waals surface area contributed by atoms with Crippen molar-refractivity contribution < 1.29 is 9.13 Å². The van der Waals surface area contributed by atoms with Gasteiger partial charge in [0.2, 0.25) is 5.88 Å². The van der Waals surface area contributed by atoms with Gasteiger partial charge < -0.3 is 10.5 Å². The zero-order valence-corrected chi connectivity index (χ0v) is 12.2. The lowest BCUT2D eigenvalue weighted by atomic mass is 10.3. The van der Waals surface area contributed by atoms with E-state index >= 15 is 0 Å². The Labute approximate surface area is 119 Å². The molecule has 1 aromatic heterocycles. The fourth-order valence-electron chi connectivity index (χ4n) is 1.47. The van der Waals surface area contributed by atoms with Gasteiger partial charge in [0.25, 0.3) is 0 Å². The topological polar surface area (TPSA) is 61.0 Å². The van der Waals surface area contributed by atoms with Crippen molar-refractivity contribution in [2.45, 2.75) is 20.3 Å². The summed E-state index contributed by atoms with van der Waals surface area (Å²) in [5.41, 5.74) is 6.47. The molecule has 100 valence electrons. The van der Waals surface area contributed by atoms with Crippen LogP contribution in [-0.2, 0) is 6.42 Å². The molecule has 2 rings (SSSR count). The highest BCUT2D eigenvalue weighted by molar-refractivity contribution is 9.10. The minimum Gasteiger partial charge on any atom is -0.439 e. The van der Waals surface area contributed by atoms with Crippen LogP contribution in [0.1, 0.15) is 18.3 Å². The predicted octanol–water partition coefficient (Wildman–Crippen LogP) is 3.62. The lowest BCUT2D eigenvalue weighted by Gasteiger charge is -2.10. The molecule has 0 unspecified atom stereocenters. The number of rotatable bonds is 3. The van der Waals surface area contributed by atoms with E-state index in [1.165, 1.54) is 12.1 Å². The summed E-state index contributed by atoms with van der Waals surface area (Å²) < 4.78 is 19.1. The monoisotopic (exact) mass is 325 g/mol. The van der Waals surface area contributed by atoms with Gasteiger partial charge in [-0.15, -0.1) is 0 Å². The van der Waals surface area contributed by atoms with Crippen LogP contribution >= 0.6 is 15.9 Å². The van der Waals surface area contributed by atoms with Crippen LogP contribution in [0.15, 0.2) is 22.7 Å². The van der Waals surface area contributed by atoms with Crippen molar-refractivity contribution >= 4 is 21.7 Å². The van der Waals surface area contributed by atoms with Crippen molar-refractivity contribution in [2.24, 2.45) is 0 Å². The Morgan fingerprint density at radius 2 is 2.11 bits per heavy atom. The lowest BCUT2D eigenvalue weighted by Crippen LogP contribution is -2.04. The molecule has 4 nitrogen and oxygen atoms in total. The Balaban J connectivity index is 2.37. The summed E-state index contributed by atoms with van der Waals surface area (Å²) >= 11 is 3.11. The van der Waals surface area contributed by atoms with Gasteiger partial charge in [-0.1, -0.05) is 6.92 Å². The van der Waals surface area contributed by atoms with Crippen molar-refractivity contribution in [3.63, 3.8) is 0 Å². The van der Waals surface area contributed by atoms with E-state index in [9.17, 15) is 4.39 Å². The van der Waals surface area contributed by atoms with E-state index in [1.54, 1.807) is 13.0 Å². The van der Waals surface area contributed by atoms with Gasteiger partial charge in [-0.2, -0.15) is 4.98 Å². The van der Waals surface area contributed by atoms with Gasteiger partial charge >= 0.3 is 0 Å². The summed E-state index contributed by atoms with van der Waals surface area (Å²) in [7, 11) is 0. The first-order valence-corrected chi connectivity index (χ1v) is 6.56. The molecule has 0 aliphatic heterocycles. The average Bonchev–Trinajstić information content (AvgIpc) is 2.39. The Morgan fingerprint density at radius 1 is 1.37 bits per heavy atom. The van der Waals surface area contributed by atoms with E-state index in [1.807, 2.05) is 6.92 Å². The lowest BCUT2D eigenvalue weighted by molar-refractivity contribution is 0.453. The number of benzene rings is 1. The first kappa shape index (κ1) is 13.7. The number of anilines is 1.